The van der Waals surface area contributed by atoms with E-state index in [-0.39, 0.29) is 0 Å². The third-order valence-corrected chi connectivity index (χ3v) is 3.21. The van der Waals surface area contributed by atoms with Crippen molar-refractivity contribution in [1.82, 2.24) is 5.32 Å². The monoisotopic (exact) mass is 199 g/mol. The van der Waals surface area contributed by atoms with Crippen LogP contribution in [-0.4, -0.2) is 38.0 Å². The molecular weight excluding hydrogens is 178 g/mol. The summed E-state index contributed by atoms with van der Waals surface area (Å²) >= 11 is 0. The molecule has 0 bridgehead atoms. The second kappa shape index (κ2) is 5.10. The van der Waals surface area contributed by atoms with Crippen LogP contribution in [0.25, 0.3) is 0 Å². The summed E-state index contributed by atoms with van der Waals surface area (Å²) in [5, 5.41) is 3.44. The first kappa shape index (κ1) is 10.4. The first-order valence-corrected chi connectivity index (χ1v) is 5.83. The van der Waals surface area contributed by atoms with Crippen molar-refractivity contribution in [3.8, 4) is 0 Å². The molecule has 2 rings (SSSR count). The Kier molecular flexibility index (Phi) is 3.79. The lowest BCUT2D eigenvalue weighted by Gasteiger charge is -2.30. The highest BCUT2D eigenvalue weighted by atomic mass is 16.5. The van der Waals surface area contributed by atoms with Crippen LogP contribution in [0, 0.1) is 0 Å². The molecule has 2 fully saturated rings. The second-order valence-corrected chi connectivity index (χ2v) is 4.39. The van der Waals surface area contributed by atoms with Gasteiger partial charge in [-0.2, -0.15) is 0 Å². The number of nitrogens with one attached hydrogen (secondary N) is 1. The smallest absolute Gasteiger partial charge is 0.0809 e. The van der Waals surface area contributed by atoms with Gasteiger partial charge in [0.1, 0.15) is 0 Å². The fourth-order valence-electron chi connectivity index (χ4n) is 2.25. The van der Waals surface area contributed by atoms with E-state index in [1.165, 1.54) is 25.7 Å². The van der Waals surface area contributed by atoms with Crippen LogP contribution in [0.4, 0.5) is 0 Å². The predicted molar refractivity (Wildman–Crippen MR) is 55.4 cm³/mol. The van der Waals surface area contributed by atoms with Crippen LogP contribution in [-0.2, 0) is 9.47 Å². The van der Waals surface area contributed by atoms with E-state index in [0.717, 1.165) is 19.8 Å². The Bertz CT molecular complexity index is 169. The molecule has 2 saturated heterocycles. The van der Waals surface area contributed by atoms with Crippen LogP contribution < -0.4 is 5.32 Å². The SMILES string of the molecule is CC1NCCCC1OCC1CCCO1. The minimum absolute atomic E-state index is 0.365. The maximum atomic E-state index is 5.89. The molecular formula is C11H21NO2. The lowest BCUT2D eigenvalue weighted by Crippen LogP contribution is -2.44. The Balaban J connectivity index is 1.67. The minimum Gasteiger partial charge on any atom is -0.376 e. The van der Waals surface area contributed by atoms with Gasteiger partial charge in [-0.3, -0.25) is 0 Å². The van der Waals surface area contributed by atoms with Crippen molar-refractivity contribution in [3.05, 3.63) is 0 Å². The van der Waals surface area contributed by atoms with Crippen molar-refractivity contribution in [1.29, 1.82) is 0 Å². The zero-order chi connectivity index (χ0) is 9.80. The molecule has 0 aromatic rings. The predicted octanol–water partition coefficient (Wildman–Crippen LogP) is 1.32. The van der Waals surface area contributed by atoms with Gasteiger partial charge in [0.15, 0.2) is 0 Å². The average molecular weight is 199 g/mol. The van der Waals surface area contributed by atoms with Gasteiger partial charge in [-0.1, -0.05) is 0 Å². The van der Waals surface area contributed by atoms with Crippen LogP contribution in [0.3, 0.4) is 0 Å². The molecule has 0 aromatic carbocycles. The summed E-state index contributed by atoms with van der Waals surface area (Å²) in [5.41, 5.74) is 0. The van der Waals surface area contributed by atoms with Crippen molar-refractivity contribution in [2.24, 2.45) is 0 Å². The number of ether oxygens (including phenoxy) is 2. The molecule has 3 atom stereocenters. The Morgan fingerprint density at radius 2 is 2.29 bits per heavy atom. The van der Waals surface area contributed by atoms with E-state index in [4.69, 9.17) is 9.47 Å². The van der Waals surface area contributed by atoms with Gasteiger partial charge in [0.05, 0.1) is 18.8 Å². The van der Waals surface area contributed by atoms with Crippen molar-refractivity contribution >= 4 is 0 Å². The van der Waals surface area contributed by atoms with Gasteiger partial charge in [0, 0.05) is 12.6 Å². The van der Waals surface area contributed by atoms with Gasteiger partial charge in [-0.05, 0) is 39.2 Å². The molecule has 2 aliphatic rings. The van der Waals surface area contributed by atoms with Crippen molar-refractivity contribution in [2.45, 2.75) is 50.9 Å². The molecule has 1 N–H and O–H groups in total. The van der Waals surface area contributed by atoms with E-state index in [1.54, 1.807) is 0 Å². The fourth-order valence-corrected chi connectivity index (χ4v) is 2.25. The highest BCUT2D eigenvalue weighted by molar-refractivity contribution is 4.78. The van der Waals surface area contributed by atoms with Crippen molar-refractivity contribution < 1.29 is 9.47 Å². The highest BCUT2D eigenvalue weighted by Gasteiger charge is 2.23. The van der Waals surface area contributed by atoms with E-state index < -0.39 is 0 Å². The Labute approximate surface area is 86.2 Å². The standard InChI is InChI=1S/C11H21NO2/c1-9-11(5-2-6-12-9)14-8-10-4-3-7-13-10/h9-12H,2-8H2,1H3. The molecule has 3 unspecified atom stereocenters. The number of hydrogen-bond donors (Lipinski definition) is 1. The molecule has 0 amide bonds. The lowest BCUT2D eigenvalue weighted by molar-refractivity contribution is -0.0411. The van der Waals surface area contributed by atoms with Crippen LogP contribution in [0.1, 0.15) is 32.6 Å². The van der Waals surface area contributed by atoms with Gasteiger partial charge >= 0.3 is 0 Å². The van der Waals surface area contributed by atoms with Crippen LogP contribution in [0.5, 0.6) is 0 Å². The van der Waals surface area contributed by atoms with Gasteiger partial charge in [-0.15, -0.1) is 0 Å². The Morgan fingerprint density at radius 1 is 1.36 bits per heavy atom. The molecule has 3 heteroatoms. The van der Waals surface area contributed by atoms with Gasteiger partial charge in [0.25, 0.3) is 0 Å². The largest absolute Gasteiger partial charge is 0.376 e. The number of piperidine rings is 1. The van der Waals surface area contributed by atoms with E-state index in [1.807, 2.05) is 0 Å². The molecule has 0 saturated carbocycles. The van der Waals surface area contributed by atoms with Crippen molar-refractivity contribution in [2.75, 3.05) is 19.8 Å². The summed E-state index contributed by atoms with van der Waals surface area (Å²) in [4.78, 5) is 0. The third-order valence-electron chi connectivity index (χ3n) is 3.21. The molecule has 0 radical (unpaired) electrons. The molecule has 0 aliphatic carbocycles. The molecule has 2 aliphatic heterocycles. The molecule has 2 heterocycles. The fraction of sp³-hybridized carbons (Fsp3) is 1.00. The van der Waals surface area contributed by atoms with Gasteiger partial charge in [-0.25, -0.2) is 0 Å². The molecule has 3 nitrogen and oxygen atoms in total. The minimum atomic E-state index is 0.365. The first-order valence-electron chi connectivity index (χ1n) is 5.83. The summed E-state index contributed by atoms with van der Waals surface area (Å²) in [6, 6.07) is 0.505. The molecule has 0 aromatic heterocycles. The summed E-state index contributed by atoms with van der Waals surface area (Å²) in [6.07, 6.45) is 5.57. The summed E-state index contributed by atoms with van der Waals surface area (Å²) in [7, 11) is 0. The van der Waals surface area contributed by atoms with E-state index in [2.05, 4.69) is 12.2 Å². The highest BCUT2D eigenvalue weighted by Crippen LogP contribution is 2.16. The summed E-state index contributed by atoms with van der Waals surface area (Å²) in [6.45, 7) is 5.06. The topological polar surface area (TPSA) is 30.5 Å². The number of rotatable bonds is 3. The summed E-state index contributed by atoms with van der Waals surface area (Å²) < 4.78 is 11.4. The lowest BCUT2D eigenvalue weighted by atomic mass is 10.0. The van der Waals surface area contributed by atoms with Crippen molar-refractivity contribution in [3.63, 3.8) is 0 Å². The zero-order valence-corrected chi connectivity index (χ0v) is 9.00. The number of hydrogen-bond acceptors (Lipinski definition) is 3. The van der Waals surface area contributed by atoms with Crippen LogP contribution in [0.15, 0.2) is 0 Å². The van der Waals surface area contributed by atoms with Crippen LogP contribution >= 0.6 is 0 Å². The van der Waals surface area contributed by atoms with E-state index >= 15 is 0 Å². The average Bonchev–Trinajstić information content (AvgIpc) is 2.69. The van der Waals surface area contributed by atoms with E-state index in [0.29, 0.717) is 18.2 Å². The normalized spacial score (nSPS) is 38.8. The zero-order valence-electron chi connectivity index (χ0n) is 9.00. The van der Waals surface area contributed by atoms with Crippen LogP contribution in [0.2, 0.25) is 0 Å². The van der Waals surface area contributed by atoms with Gasteiger partial charge < -0.3 is 14.8 Å². The maximum absolute atomic E-state index is 5.89. The molecule has 82 valence electrons. The molecule has 0 spiro atoms. The Morgan fingerprint density at radius 3 is 3.00 bits per heavy atom. The van der Waals surface area contributed by atoms with Gasteiger partial charge in [0.2, 0.25) is 0 Å². The second-order valence-electron chi connectivity index (χ2n) is 4.39. The van der Waals surface area contributed by atoms with E-state index in [9.17, 15) is 0 Å². The molecule has 14 heavy (non-hydrogen) atoms. The quantitative estimate of drug-likeness (QED) is 0.743. The summed E-state index contributed by atoms with van der Waals surface area (Å²) in [5.74, 6) is 0. The maximum Gasteiger partial charge on any atom is 0.0809 e. The Hall–Kier alpha value is -0.120. The first-order chi connectivity index (χ1) is 6.86. The third kappa shape index (κ3) is 2.69.